The molecular weight excluding hydrogens is 891 g/mol. The number of ether oxygens (including phenoxy) is 1. The molecule has 0 unspecified atom stereocenters. The molecule has 1 aliphatic heterocycles. The molecule has 2 heterocycles. The van der Waals surface area contributed by atoms with E-state index in [-0.39, 0.29) is 49.5 Å². The summed E-state index contributed by atoms with van der Waals surface area (Å²) in [4.78, 5) is 79.7. The fourth-order valence-electron chi connectivity index (χ4n) is 8.98. The number of nitrogens with one attached hydrogen (secondary N) is 6. The number of aromatic hydroxyl groups is 1. The SMILES string of the molecule is NC(N)=NCCCC[C@H](NC(=O)[C@H](Cc1ccc(-c2ccccc2)cc1)NC(=O)[C@H](Cc1c[nH]c2ccc(O)cc12)NC(=O)[C@H]1CCC[C@H](N)C1)C(=O)NCC(=O)Nc1ccc(N2CCOCC2)cc1. The first kappa shape index (κ1) is 50.4. The predicted molar refractivity (Wildman–Crippen MR) is 271 cm³/mol. The number of amides is 5. The number of fused-ring (bicyclic) bond motifs is 1. The molecule has 5 amide bonds. The summed E-state index contributed by atoms with van der Waals surface area (Å²) in [6, 6.07) is 26.1. The fraction of sp³-hybridized carbons (Fsp3) is 0.385. The number of phenolic OH excluding ortho intramolecular Hbond substituents is 1. The maximum Gasteiger partial charge on any atom is 0.243 e. The Kier molecular flexibility index (Phi) is 17.8. The quantitative estimate of drug-likeness (QED) is 0.0289. The van der Waals surface area contributed by atoms with Crippen LogP contribution in [0, 0.1) is 5.92 Å². The molecule has 5 atom stereocenters. The van der Waals surface area contributed by atoms with E-state index in [1.54, 1.807) is 36.5 Å². The molecule has 2 fully saturated rings. The number of guanidine groups is 1. The Morgan fingerprint density at radius 3 is 2.20 bits per heavy atom. The number of hydrogen-bond donors (Lipinski definition) is 10. The normalized spacial score (nSPS) is 17.1. The summed E-state index contributed by atoms with van der Waals surface area (Å²) in [6.45, 7) is 2.75. The lowest BCUT2D eigenvalue weighted by molar-refractivity contribution is -0.134. The van der Waals surface area contributed by atoms with Gasteiger partial charge in [0.25, 0.3) is 0 Å². The van der Waals surface area contributed by atoms with Crippen LogP contribution < -0.4 is 48.7 Å². The Morgan fingerprint density at radius 2 is 1.49 bits per heavy atom. The second kappa shape index (κ2) is 24.7. The van der Waals surface area contributed by atoms with E-state index < -0.39 is 47.7 Å². The number of carbonyl (C=O) groups excluding carboxylic acids is 5. The third-order valence-corrected chi connectivity index (χ3v) is 12.8. The zero-order valence-electron chi connectivity index (χ0n) is 39.3. The summed E-state index contributed by atoms with van der Waals surface area (Å²) in [6.07, 6.45) is 5.54. The third-order valence-electron chi connectivity index (χ3n) is 12.8. The molecule has 0 bridgehead atoms. The first-order valence-electron chi connectivity index (χ1n) is 24.0. The molecule has 1 saturated heterocycles. The average Bonchev–Trinajstić information content (AvgIpc) is 3.76. The summed E-state index contributed by atoms with van der Waals surface area (Å²) in [7, 11) is 0. The molecule has 0 radical (unpaired) electrons. The minimum atomic E-state index is -1.23. The molecule has 4 aromatic carbocycles. The zero-order valence-corrected chi connectivity index (χ0v) is 39.3. The van der Waals surface area contributed by atoms with Gasteiger partial charge in [0.2, 0.25) is 29.5 Å². The van der Waals surface area contributed by atoms with Gasteiger partial charge in [0.1, 0.15) is 23.9 Å². The summed E-state index contributed by atoms with van der Waals surface area (Å²) in [5.41, 5.74) is 23.0. The van der Waals surface area contributed by atoms with E-state index in [0.717, 1.165) is 53.8 Å². The summed E-state index contributed by atoms with van der Waals surface area (Å²) >= 11 is 0. The molecule has 1 saturated carbocycles. The second-order valence-electron chi connectivity index (χ2n) is 18.0. The number of hydrogen-bond acceptors (Lipinski definition) is 10. The Hall–Kier alpha value is -7.44. The highest BCUT2D eigenvalue weighted by atomic mass is 16.5. The Balaban J connectivity index is 1.10. The molecule has 1 aliphatic carbocycles. The lowest BCUT2D eigenvalue weighted by atomic mass is 9.85. The van der Waals surface area contributed by atoms with E-state index in [4.69, 9.17) is 21.9 Å². The molecule has 70 heavy (non-hydrogen) atoms. The van der Waals surface area contributed by atoms with Crippen molar-refractivity contribution in [2.45, 2.75) is 82.0 Å². The van der Waals surface area contributed by atoms with Crippen LogP contribution in [-0.4, -0.2) is 109 Å². The molecule has 0 spiro atoms. The van der Waals surface area contributed by atoms with Crippen molar-refractivity contribution in [2.75, 3.05) is 49.6 Å². The van der Waals surface area contributed by atoms with Crippen LogP contribution >= 0.6 is 0 Å². The monoisotopic (exact) mass is 956 g/mol. The van der Waals surface area contributed by atoms with Crippen molar-refractivity contribution in [1.82, 2.24) is 26.3 Å². The van der Waals surface area contributed by atoms with Crippen molar-refractivity contribution in [3.05, 3.63) is 114 Å². The molecule has 18 nitrogen and oxygen atoms in total. The molecule has 370 valence electrons. The minimum Gasteiger partial charge on any atom is -0.508 e. The molecule has 1 aromatic heterocycles. The van der Waals surface area contributed by atoms with E-state index in [0.29, 0.717) is 62.1 Å². The van der Waals surface area contributed by atoms with Crippen molar-refractivity contribution in [3.63, 3.8) is 0 Å². The molecule has 5 aromatic rings. The number of unbranched alkanes of at least 4 members (excludes halogenated alkanes) is 1. The van der Waals surface area contributed by atoms with Crippen LogP contribution in [0.1, 0.15) is 56.1 Å². The van der Waals surface area contributed by atoms with Crippen LogP contribution in [0.25, 0.3) is 22.0 Å². The number of aliphatic imine (C=N–C) groups is 1. The van der Waals surface area contributed by atoms with E-state index in [2.05, 4.69) is 41.5 Å². The number of carbonyl (C=O) groups is 5. The first-order chi connectivity index (χ1) is 33.9. The van der Waals surface area contributed by atoms with Gasteiger partial charge < -0.3 is 63.5 Å². The lowest BCUT2D eigenvalue weighted by Gasteiger charge is -2.29. The van der Waals surface area contributed by atoms with Gasteiger partial charge in [-0.2, -0.15) is 0 Å². The average molecular weight is 956 g/mol. The predicted octanol–water partition coefficient (Wildman–Crippen LogP) is 3.33. The lowest BCUT2D eigenvalue weighted by Crippen LogP contribution is -2.58. The van der Waals surface area contributed by atoms with Crippen molar-refractivity contribution in [3.8, 4) is 16.9 Å². The van der Waals surface area contributed by atoms with Crippen LogP contribution in [0.4, 0.5) is 11.4 Å². The topological polar surface area (TPSA) is 284 Å². The van der Waals surface area contributed by atoms with Crippen molar-refractivity contribution < 1.29 is 33.8 Å². The standard InChI is InChI=1S/C52H65N11O7/c53-38-10-6-9-36(28-38)48(66)61-46(29-37-31-57-43-21-20-41(64)30-42(37)43)51(69)62-45(27-33-12-14-35(15-13-33)34-7-2-1-3-8-34)50(68)60-44(11-4-5-22-56-52(54)55)49(67)58-32-47(65)59-39-16-18-40(19-17-39)63-23-25-70-26-24-63/h1-3,7-8,12-21,30-31,36,38,44-46,57,64H,4-6,9-11,22-29,32,53H2,(H,58,67)(H,59,65)(H,60,68)(H,61,66)(H,62,69)(H4,54,55,56)/t36-,38-,44-,45-,46-/m0/s1. The van der Waals surface area contributed by atoms with Crippen molar-refractivity contribution in [1.29, 1.82) is 0 Å². The largest absolute Gasteiger partial charge is 0.508 e. The zero-order chi connectivity index (χ0) is 49.4. The number of benzene rings is 4. The van der Waals surface area contributed by atoms with Crippen molar-refractivity contribution >= 4 is 57.8 Å². The number of aromatic nitrogens is 1. The fourth-order valence-corrected chi connectivity index (χ4v) is 8.98. The van der Waals surface area contributed by atoms with E-state index >= 15 is 0 Å². The van der Waals surface area contributed by atoms with Gasteiger partial charge in [-0.05, 0) is 103 Å². The van der Waals surface area contributed by atoms with E-state index in [9.17, 15) is 29.1 Å². The molecule has 7 rings (SSSR count). The first-order valence-corrected chi connectivity index (χ1v) is 24.0. The van der Waals surface area contributed by atoms with Crippen LogP contribution in [0.15, 0.2) is 108 Å². The van der Waals surface area contributed by atoms with Crippen LogP contribution in [-0.2, 0) is 41.6 Å². The van der Waals surface area contributed by atoms with Gasteiger partial charge in [-0.1, -0.05) is 61.0 Å². The van der Waals surface area contributed by atoms with Crippen molar-refractivity contribution in [2.24, 2.45) is 28.1 Å². The van der Waals surface area contributed by atoms with Crippen LogP contribution in [0.3, 0.4) is 0 Å². The number of H-pyrrole nitrogens is 1. The van der Waals surface area contributed by atoms with Gasteiger partial charge in [-0.15, -0.1) is 0 Å². The highest BCUT2D eigenvalue weighted by Gasteiger charge is 2.33. The number of aromatic amines is 1. The highest BCUT2D eigenvalue weighted by molar-refractivity contribution is 5.98. The van der Waals surface area contributed by atoms with E-state index in [1.165, 1.54) is 0 Å². The van der Waals surface area contributed by atoms with Crippen LogP contribution in [0.5, 0.6) is 5.75 Å². The maximum absolute atomic E-state index is 14.7. The smallest absolute Gasteiger partial charge is 0.243 e. The molecule has 13 N–H and O–H groups in total. The second-order valence-corrected chi connectivity index (χ2v) is 18.0. The Morgan fingerprint density at radius 1 is 0.786 bits per heavy atom. The Labute approximate surface area is 407 Å². The van der Waals surface area contributed by atoms with Crippen LogP contribution in [0.2, 0.25) is 0 Å². The number of rotatable bonds is 21. The maximum atomic E-state index is 14.7. The number of morpholine rings is 1. The molecule has 2 aliphatic rings. The van der Waals surface area contributed by atoms with Gasteiger partial charge in [-0.3, -0.25) is 29.0 Å². The highest BCUT2D eigenvalue weighted by Crippen LogP contribution is 2.27. The van der Waals surface area contributed by atoms with Gasteiger partial charge in [0.15, 0.2) is 5.96 Å². The summed E-state index contributed by atoms with van der Waals surface area (Å²) in [5, 5.41) is 25.3. The Bertz CT molecular complexity index is 2580. The number of phenols is 1. The number of anilines is 2. The number of nitrogens with two attached hydrogens (primary N) is 3. The van der Waals surface area contributed by atoms with Gasteiger partial charge in [0.05, 0.1) is 19.8 Å². The van der Waals surface area contributed by atoms with Gasteiger partial charge in [0, 0.05) is 72.9 Å². The molecule has 18 heteroatoms. The third kappa shape index (κ3) is 14.5. The van der Waals surface area contributed by atoms with Gasteiger partial charge >= 0.3 is 0 Å². The summed E-state index contributed by atoms with van der Waals surface area (Å²) < 4.78 is 5.45. The molecular formula is C52H65N11O7. The number of nitrogens with zero attached hydrogens (tertiary/aromatic N) is 2. The van der Waals surface area contributed by atoms with Gasteiger partial charge in [-0.25, -0.2) is 0 Å². The minimum absolute atomic E-state index is 0.0251. The van der Waals surface area contributed by atoms with E-state index in [1.807, 2.05) is 66.7 Å². The summed E-state index contributed by atoms with van der Waals surface area (Å²) in [5.74, 6) is -3.11.